The second kappa shape index (κ2) is 8.28. The molecule has 7 rings (SSSR count). The lowest BCUT2D eigenvalue weighted by Gasteiger charge is -2.57. The predicted molar refractivity (Wildman–Crippen MR) is 130 cm³/mol. The summed E-state index contributed by atoms with van der Waals surface area (Å²) in [7, 11) is 0. The molecule has 1 aliphatic heterocycles. The summed E-state index contributed by atoms with van der Waals surface area (Å²) in [6.07, 6.45) is 6.27. The molecule has 5 aliphatic rings. The molecular formula is C29H31FN2O3. The van der Waals surface area contributed by atoms with E-state index in [1.54, 1.807) is 29.2 Å². The molecule has 1 heterocycles. The van der Waals surface area contributed by atoms with E-state index in [0.717, 1.165) is 30.4 Å². The van der Waals surface area contributed by atoms with Gasteiger partial charge in [0, 0.05) is 6.54 Å². The third-order valence-electron chi connectivity index (χ3n) is 8.81. The Hall–Kier alpha value is -3.02. The molecule has 1 atom stereocenters. The summed E-state index contributed by atoms with van der Waals surface area (Å²) < 4.78 is 13.6. The first-order valence-corrected chi connectivity index (χ1v) is 12.8. The molecule has 4 bridgehead atoms. The molecule has 0 aromatic heterocycles. The first-order chi connectivity index (χ1) is 16.8. The number of nitrogens with zero attached hydrogens (tertiary/aromatic N) is 2. The van der Waals surface area contributed by atoms with Crippen LogP contribution >= 0.6 is 0 Å². The number of rotatable bonds is 5. The molecule has 1 saturated heterocycles. The van der Waals surface area contributed by atoms with E-state index in [0.29, 0.717) is 23.4 Å². The van der Waals surface area contributed by atoms with E-state index in [9.17, 15) is 18.8 Å². The highest BCUT2D eigenvalue weighted by molar-refractivity contribution is 6.23. The van der Waals surface area contributed by atoms with Gasteiger partial charge in [-0.1, -0.05) is 29.8 Å². The van der Waals surface area contributed by atoms with Gasteiger partial charge in [0.1, 0.15) is 11.9 Å². The average Bonchev–Trinajstić information content (AvgIpc) is 3.11. The van der Waals surface area contributed by atoms with Crippen LogP contribution in [0.2, 0.25) is 0 Å². The third kappa shape index (κ3) is 3.87. The highest BCUT2D eigenvalue weighted by Gasteiger charge is 2.57. The Labute approximate surface area is 205 Å². The smallest absolute Gasteiger partial charge is 0.257 e. The topological polar surface area (TPSA) is 57.7 Å². The molecule has 182 valence electrons. The molecule has 1 unspecified atom stereocenters. The normalized spacial score (nSPS) is 31.3. The van der Waals surface area contributed by atoms with E-state index >= 15 is 0 Å². The first-order valence-electron chi connectivity index (χ1n) is 12.8. The largest absolute Gasteiger partial charge is 0.325 e. The second-order valence-electron chi connectivity index (χ2n) is 11.4. The quantitative estimate of drug-likeness (QED) is 0.573. The van der Waals surface area contributed by atoms with Crippen LogP contribution < -0.4 is 4.90 Å². The maximum Gasteiger partial charge on any atom is 0.257 e. The van der Waals surface area contributed by atoms with Crippen LogP contribution in [0.25, 0.3) is 0 Å². The van der Waals surface area contributed by atoms with Gasteiger partial charge >= 0.3 is 0 Å². The van der Waals surface area contributed by atoms with Crippen LogP contribution in [0.4, 0.5) is 10.1 Å². The third-order valence-corrected chi connectivity index (χ3v) is 8.81. The second-order valence-corrected chi connectivity index (χ2v) is 11.4. The number of anilines is 1. The maximum atomic E-state index is 14.4. The molecule has 2 aromatic carbocycles. The van der Waals surface area contributed by atoms with Gasteiger partial charge in [0.05, 0.1) is 17.5 Å². The van der Waals surface area contributed by atoms with Crippen LogP contribution in [0.1, 0.15) is 56.1 Å². The van der Waals surface area contributed by atoms with Gasteiger partial charge in [0.2, 0.25) is 11.8 Å². The molecule has 5 nitrogen and oxygen atoms in total. The van der Waals surface area contributed by atoms with Crippen molar-refractivity contribution < 1.29 is 18.8 Å². The molecule has 4 aliphatic carbocycles. The van der Waals surface area contributed by atoms with E-state index in [4.69, 9.17) is 0 Å². The first kappa shape index (κ1) is 22.4. The van der Waals surface area contributed by atoms with Crippen molar-refractivity contribution in [1.29, 1.82) is 0 Å². The van der Waals surface area contributed by atoms with Crippen LogP contribution in [-0.4, -0.2) is 28.7 Å². The summed E-state index contributed by atoms with van der Waals surface area (Å²) in [5.74, 6) is 0.794. The van der Waals surface area contributed by atoms with Crippen LogP contribution in [-0.2, 0) is 20.9 Å². The minimum absolute atomic E-state index is 0.0119. The Morgan fingerprint density at radius 2 is 1.51 bits per heavy atom. The lowest BCUT2D eigenvalue weighted by atomic mass is 9.49. The number of hydrogen-bond acceptors (Lipinski definition) is 3. The number of imide groups is 1. The highest BCUT2D eigenvalue weighted by atomic mass is 19.1. The van der Waals surface area contributed by atoms with Crippen molar-refractivity contribution in [3.8, 4) is 0 Å². The predicted octanol–water partition coefficient (Wildman–Crippen LogP) is 5.01. The summed E-state index contributed by atoms with van der Waals surface area (Å²) in [4.78, 5) is 44.0. The number of carbonyl (C=O) groups is 3. The summed E-state index contributed by atoms with van der Waals surface area (Å²) in [6.45, 7) is 2.15. The zero-order chi connectivity index (χ0) is 24.3. The highest BCUT2D eigenvalue weighted by Crippen LogP contribution is 2.60. The summed E-state index contributed by atoms with van der Waals surface area (Å²) >= 11 is 0. The van der Waals surface area contributed by atoms with Crippen LogP contribution in [0.3, 0.4) is 0 Å². The van der Waals surface area contributed by atoms with E-state index in [2.05, 4.69) is 0 Å². The fourth-order valence-electron chi connectivity index (χ4n) is 7.61. The van der Waals surface area contributed by atoms with E-state index in [1.165, 1.54) is 36.3 Å². The number of halogens is 1. The fourth-order valence-corrected chi connectivity index (χ4v) is 7.61. The van der Waals surface area contributed by atoms with E-state index in [-0.39, 0.29) is 36.5 Å². The van der Waals surface area contributed by atoms with Gasteiger partial charge < -0.3 is 4.90 Å². The molecule has 35 heavy (non-hydrogen) atoms. The van der Waals surface area contributed by atoms with Gasteiger partial charge in [-0.25, -0.2) is 9.29 Å². The van der Waals surface area contributed by atoms with Crippen molar-refractivity contribution >= 4 is 23.4 Å². The Morgan fingerprint density at radius 1 is 0.943 bits per heavy atom. The van der Waals surface area contributed by atoms with E-state index in [1.807, 2.05) is 19.1 Å². The van der Waals surface area contributed by atoms with Crippen molar-refractivity contribution in [2.24, 2.45) is 23.2 Å². The van der Waals surface area contributed by atoms with Crippen molar-refractivity contribution in [1.82, 2.24) is 4.90 Å². The van der Waals surface area contributed by atoms with Gasteiger partial charge in [-0.2, -0.15) is 0 Å². The maximum absolute atomic E-state index is 14.4. The number of carbonyl (C=O) groups excluding carboxylic acids is 3. The summed E-state index contributed by atoms with van der Waals surface area (Å²) in [5, 5.41) is 0. The Balaban J connectivity index is 1.34. The Kier molecular flexibility index (Phi) is 5.31. The molecule has 5 fully saturated rings. The monoisotopic (exact) mass is 474 g/mol. The molecule has 2 aromatic rings. The SMILES string of the molecule is Cc1ccc(N2C(=O)CC(N(Cc3ccc(F)cc3)C(=O)C34CC5CC(CC(C5)C3)C4)C2=O)cc1. The standard InChI is InChI=1S/C29H31FN2O3/c1-18-2-8-24(9-3-18)32-26(33)13-25(27(32)34)31(17-19-4-6-23(30)7-5-19)28(35)29-14-20-10-21(15-29)12-22(11-20)16-29/h2-9,20-22,25H,10-17H2,1H3. The van der Waals surface area contributed by atoms with Crippen molar-refractivity contribution in [3.05, 3.63) is 65.5 Å². The molecule has 4 saturated carbocycles. The van der Waals surface area contributed by atoms with Gasteiger partial charge in [-0.3, -0.25) is 14.4 Å². The lowest BCUT2D eigenvalue weighted by Crippen LogP contribution is -2.57. The van der Waals surface area contributed by atoms with Gasteiger partial charge in [0.15, 0.2) is 0 Å². The van der Waals surface area contributed by atoms with Crippen LogP contribution in [0.15, 0.2) is 48.5 Å². The summed E-state index contributed by atoms with van der Waals surface area (Å²) in [5.41, 5.74) is 1.91. The lowest BCUT2D eigenvalue weighted by molar-refractivity contribution is -0.162. The number of aryl methyl sites for hydroxylation is 1. The number of benzene rings is 2. The van der Waals surface area contributed by atoms with Crippen LogP contribution in [0.5, 0.6) is 0 Å². The minimum atomic E-state index is -0.839. The Bertz CT molecular complexity index is 1140. The molecule has 6 heteroatoms. The molecule has 3 amide bonds. The molecular weight excluding hydrogens is 443 g/mol. The average molecular weight is 475 g/mol. The van der Waals surface area contributed by atoms with Gasteiger partial charge in [-0.05, 0) is 93.0 Å². The Morgan fingerprint density at radius 3 is 2.09 bits per heavy atom. The number of hydrogen-bond donors (Lipinski definition) is 0. The van der Waals surface area contributed by atoms with Crippen molar-refractivity contribution in [2.45, 2.75) is 64.5 Å². The molecule has 0 radical (unpaired) electrons. The fraction of sp³-hybridized carbons (Fsp3) is 0.483. The van der Waals surface area contributed by atoms with Crippen LogP contribution in [0, 0.1) is 35.9 Å². The zero-order valence-electron chi connectivity index (χ0n) is 20.1. The van der Waals surface area contributed by atoms with E-state index < -0.39 is 11.5 Å². The van der Waals surface area contributed by atoms with Crippen molar-refractivity contribution in [3.63, 3.8) is 0 Å². The number of amides is 3. The molecule has 0 spiro atoms. The summed E-state index contributed by atoms with van der Waals surface area (Å²) in [6, 6.07) is 12.5. The minimum Gasteiger partial charge on any atom is -0.325 e. The molecule has 0 N–H and O–H groups in total. The zero-order valence-corrected chi connectivity index (χ0v) is 20.1. The van der Waals surface area contributed by atoms with Gasteiger partial charge in [0.25, 0.3) is 5.91 Å². The van der Waals surface area contributed by atoms with Gasteiger partial charge in [-0.15, -0.1) is 0 Å². The van der Waals surface area contributed by atoms with Crippen molar-refractivity contribution in [2.75, 3.05) is 4.90 Å².